The number of aliphatic hydroxyl groups excluding tert-OH is 1. The third kappa shape index (κ3) is 7.92. The van der Waals surface area contributed by atoms with Gasteiger partial charge >= 0.3 is 0 Å². The molecule has 0 heterocycles. The topological polar surface area (TPSA) is 32.3 Å². The molecule has 2 heteroatoms. The molecule has 0 aliphatic carbocycles. The lowest BCUT2D eigenvalue weighted by Gasteiger charge is -2.08. The van der Waals surface area contributed by atoms with Crippen LogP contribution < -0.4 is 5.32 Å². The largest absolute Gasteiger partial charge is 0.393 e. The van der Waals surface area contributed by atoms with E-state index in [1.165, 1.54) is 0 Å². The molecule has 0 spiro atoms. The SMILES string of the molecule is CC(O)CCNC(C)C. The van der Waals surface area contributed by atoms with Crippen LogP contribution in [-0.2, 0) is 0 Å². The van der Waals surface area contributed by atoms with Gasteiger partial charge in [-0.2, -0.15) is 0 Å². The van der Waals surface area contributed by atoms with E-state index in [9.17, 15) is 0 Å². The van der Waals surface area contributed by atoms with Crippen LogP contribution in [0.15, 0.2) is 0 Å². The summed E-state index contributed by atoms with van der Waals surface area (Å²) in [6, 6.07) is 0.531. The van der Waals surface area contributed by atoms with Crippen LogP contribution in [-0.4, -0.2) is 23.8 Å². The molecule has 0 amide bonds. The van der Waals surface area contributed by atoms with Crippen LogP contribution in [0.25, 0.3) is 0 Å². The molecule has 0 aromatic carbocycles. The average Bonchev–Trinajstić information content (AvgIpc) is 1.63. The molecule has 1 unspecified atom stereocenters. The van der Waals surface area contributed by atoms with Gasteiger partial charge in [-0.15, -0.1) is 0 Å². The third-order valence-corrected chi connectivity index (χ3v) is 1.11. The lowest BCUT2D eigenvalue weighted by atomic mass is 10.3. The Labute approximate surface area is 57.3 Å². The Morgan fingerprint density at radius 2 is 1.89 bits per heavy atom. The van der Waals surface area contributed by atoms with Crippen molar-refractivity contribution >= 4 is 0 Å². The Balaban J connectivity index is 2.91. The average molecular weight is 131 g/mol. The molecule has 0 aromatic heterocycles. The van der Waals surface area contributed by atoms with Gasteiger partial charge in [0, 0.05) is 6.04 Å². The normalized spacial score (nSPS) is 14.3. The maximum atomic E-state index is 8.83. The molecule has 9 heavy (non-hydrogen) atoms. The third-order valence-electron chi connectivity index (χ3n) is 1.11. The number of aliphatic hydroxyl groups is 1. The summed E-state index contributed by atoms with van der Waals surface area (Å²) in [6.45, 7) is 6.92. The van der Waals surface area contributed by atoms with E-state index in [0.717, 1.165) is 13.0 Å². The van der Waals surface area contributed by atoms with Crippen molar-refractivity contribution in [2.24, 2.45) is 0 Å². The highest BCUT2D eigenvalue weighted by atomic mass is 16.3. The number of rotatable bonds is 4. The van der Waals surface area contributed by atoms with Gasteiger partial charge < -0.3 is 10.4 Å². The lowest BCUT2D eigenvalue weighted by molar-refractivity contribution is 0.183. The van der Waals surface area contributed by atoms with Crippen molar-refractivity contribution < 1.29 is 5.11 Å². The predicted molar refractivity (Wildman–Crippen MR) is 39.4 cm³/mol. The Morgan fingerprint density at radius 3 is 2.22 bits per heavy atom. The fourth-order valence-corrected chi connectivity index (χ4v) is 0.581. The van der Waals surface area contributed by atoms with Crippen molar-refractivity contribution in [1.29, 1.82) is 0 Å². The van der Waals surface area contributed by atoms with Gasteiger partial charge in [-0.3, -0.25) is 0 Å². The van der Waals surface area contributed by atoms with Crippen LogP contribution in [0.2, 0.25) is 0 Å². The predicted octanol–water partition coefficient (Wildman–Crippen LogP) is 0.755. The number of nitrogens with one attached hydrogen (secondary N) is 1. The molecule has 2 N–H and O–H groups in total. The van der Waals surface area contributed by atoms with E-state index in [0.29, 0.717) is 6.04 Å². The lowest BCUT2D eigenvalue weighted by Crippen LogP contribution is -2.25. The van der Waals surface area contributed by atoms with Gasteiger partial charge in [-0.25, -0.2) is 0 Å². The molecule has 0 rings (SSSR count). The van der Waals surface area contributed by atoms with Crippen molar-refractivity contribution in [1.82, 2.24) is 5.32 Å². The van der Waals surface area contributed by atoms with E-state index in [2.05, 4.69) is 19.2 Å². The first-order valence-electron chi connectivity index (χ1n) is 3.54. The summed E-state index contributed by atoms with van der Waals surface area (Å²) in [7, 11) is 0. The minimum Gasteiger partial charge on any atom is -0.393 e. The molecule has 56 valence electrons. The first-order valence-corrected chi connectivity index (χ1v) is 3.54. The second-order valence-corrected chi connectivity index (χ2v) is 2.75. The zero-order chi connectivity index (χ0) is 7.28. The van der Waals surface area contributed by atoms with Crippen molar-refractivity contribution in [2.45, 2.75) is 39.3 Å². The summed E-state index contributed by atoms with van der Waals surface area (Å²) in [5, 5.41) is 12.0. The minimum absolute atomic E-state index is 0.170. The summed E-state index contributed by atoms with van der Waals surface area (Å²) >= 11 is 0. The fraction of sp³-hybridized carbons (Fsp3) is 1.00. The Kier molecular flexibility index (Phi) is 4.72. The number of hydrogen-bond acceptors (Lipinski definition) is 2. The first-order chi connectivity index (χ1) is 4.13. The molecule has 0 fully saturated rings. The van der Waals surface area contributed by atoms with E-state index in [4.69, 9.17) is 5.11 Å². The summed E-state index contributed by atoms with van der Waals surface area (Å²) < 4.78 is 0. The van der Waals surface area contributed by atoms with Crippen LogP contribution >= 0.6 is 0 Å². The second-order valence-electron chi connectivity index (χ2n) is 2.75. The van der Waals surface area contributed by atoms with E-state index in [1.807, 2.05) is 6.92 Å². The number of hydrogen-bond donors (Lipinski definition) is 2. The molecule has 0 aliphatic rings. The zero-order valence-corrected chi connectivity index (χ0v) is 6.52. The maximum absolute atomic E-state index is 8.83. The fourth-order valence-electron chi connectivity index (χ4n) is 0.581. The molecule has 0 bridgehead atoms. The highest BCUT2D eigenvalue weighted by Crippen LogP contribution is 1.86. The van der Waals surface area contributed by atoms with Crippen LogP contribution in [0.1, 0.15) is 27.2 Å². The van der Waals surface area contributed by atoms with Crippen LogP contribution in [0.3, 0.4) is 0 Å². The van der Waals surface area contributed by atoms with Crippen LogP contribution in [0.5, 0.6) is 0 Å². The first kappa shape index (κ1) is 8.92. The highest BCUT2D eigenvalue weighted by molar-refractivity contribution is 4.54. The van der Waals surface area contributed by atoms with Gasteiger partial charge in [-0.1, -0.05) is 13.8 Å². The van der Waals surface area contributed by atoms with Gasteiger partial charge in [0.05, 0.1) is 6.10 Å². The molecular weight excluding hydrogens is 114 g/mol. The van der Waals surface area contributed by atoms with E-state index in [1.54, 1.807) is 0 Å². The molecule has 0 saturated heterocycles. The molecule has 0 radical (unpaired) electrons. The van der Waals surface area contributed by atoms with Crippen LogP contribution in [0, 0.1) is 0 Å². The molecule has 2 nitrogen and oxygen atoms in total. The van der Waals surface area contributed by atoms with E-state index >= 15 is 0 Å². The standard InChI is InChI=1S/C7H17NO/c1-6(2)8-5-4-7(3)9/h6-9H,4-5H2,1-3H3. The molecule has 0 saturated carbocycles. The molecule has 0 aliphatic heterocycles. The Bertz CT molecular complexity index is 53.9. The summed E-state index contributed by atoms with van der Waals surface area (Å²) in [5.41, 5.74) is 0. The van der Waals surface area contributed by atoms with E-state index < -0.39 is 0 Å². The summed E-state index contributed by atoms with van der Waals surface area (Å²) in [6.07, 6.45) is 0.675. The van der Waals surface area contributed by atoms with Gasteiger partial charge in [0.15, 0.2) is 0 Å². The molecular formula is C7H17NO. The summed E-state index contributed by atoms with van der Waals surface area (Å²) in [5.74, 6) is 0. The molecule has 1 atom stereocenters. The van der Waals surface area contributed by atoms with E-state index in [-0.39, 0.29) is 6.10 Å². The zero-order valence-electron chi connectivity index (χ0n) is 6.52. The van der Waals surface area contributed by atoms with Crippen molar-refractivity contribution in [3.05, 3.63) is 0 Å². The Hall–Kier alpha value is -0.0800. The van der Waals surface area contributed by atoms with Gasteiger partial charge in [0.1, 0.15) is 0 Å². The summed E-state index contributed by atoms with van der Waals surface area (Å²) in [4.78, 5) is 0. The van der Waals surface area contributed by atoms with Gasteiger partial charge in [0.25, 0.3) is 0 Å². The Morgan fingerprint density at radius 1 is 1.33 bits per heavy atom. The van der Waals surface area contributed by atoms with Crippen molar-refractivity contribution in [2.75, 3.05) is 6.54 Å². The van der Waals surface area contributed by atoms with Gasteiger partial charge in [-0.05, 0) is 19.9 Å². The minimum atomic E-state index is -0.170. The van der Waals surface area contributed by atoms with Crippen LogP contribution in [0.4, 0.5) is 0 Å². The van der Waals surface area contributed by atoms with Crippen molar-refractivity contribution in [3.8, 4) is 0 Å². The van der Waals surface area contributed by atoms with Gasteiger partial charge in [0.2, 0.25) is 0 Å². The smallest absolute Gasteiger partial charge is 0.0524 e. The monoisotopic (exact) mass is 131 g/mol. The maximum Gasteiger partial charge on any atom is 0.0524 e. The second kappa shape index (κ2) is 4.77. The highest BCUT2D eigenvalue weighted by Gasteiger charge is 1.95. The molecule has 0 aromatic rings. The quantitative estimate of drug-likeness (QED) is 0.590. The van der Waals surface area contributed by atoms with Crippen molar-refractivity contribution in [3.63, 3.8) is 0 Å².